The van der Waals surface area contributed by atoms with Crippen LogP contribution in [0.5, 0.6) is 0 Å². The van der Waals surface area contributed by atoms with Gasteiger partial charge in [-0.05, 0) is 48.1 Å². The van der Waals surface area contributed by atoms with Crippen molar-refractivity contribution in [3.63, 3.8) is 0 Å². The van der Waals surface area contributed by atoms with Crippen LogP contribution in [0.25, 0.3) is 0 Å². The minimum Gasteiger partial charge on any atom is -0.465 e. The second kappa shape index (κ2) is 6.34. The molecule has 0 amide bonds. The van der Waals surface area contributed by atoms with E-state index in [0.717, 1.165) is 22.1 Å². The molecule has 1 N–H and O–H groups in total. The summed E-state index contributed by atoms with van der Waals surface area (Å²) in [6.07, 6.45) is 5.64. The van der Waals surface area contributed by atoms with Crippen molar-refractivity contribution >= 4 is 27.6 Å². The van der Waals surface area contributed by atoms with Gasteiger partial charge in [-0.3, -0.25) is 0 Å². The second-order valence-electron chi connectivity index (χ2n) is 6.69. The van der Waals surface area contributed by atoms with Crippen molar-refractivity contribution in [2.24, 2.45) is 5.92 Å². The van der Waals surface area contributed by atoms with E-state index in [-0.39, 0.29) is 12.0 Å². The van der Waals surface area contributed by atoms with Gasteiger partial charge in [0.25, 0.3) is 0 Å². The molecule has 1 aliphatic carbocycles. The molecule has 4 heteroatoms. The lowest BCUT2D eigenvalue weighted by molar-refractivity contribution is 0.0600. The maximum Gasteiger partial charge on any atom is 0.338 e. The molecule has 3 unspecified atom stereocenters. The predicted octanol–water partition coefficient (Wildman–Crippen LogP) is 5.37. The van der Waals surface area contributed by atoms with Crippen molar-refractivity contribution in [2.75, 3.05) is 12.4 Å². The normalized spacial score (nSPS) is 23.6. The van der Waals surface area contributed by atoms with E-state index in [1.54, 1.807) is 0 Å². The van der Waals surface area contributed by atoms with E-state index in [4.69, 9.17) is 4.74 Å². The van der Waals surface area contributed by atoms with Crippen LogP contribution in [-0.4, -0.2) is 13.1 Å². The van der Waals surface area contributed by atoms with Crippen LogP contribution in [0.2, 0.25) is 0 Å². The number of allylic oxidation sites excluding steroid dienone is 2. The summed E-state index contributed by atoms with van der Waals surface area (Å²) in [5.74, 6) is 0.567. The fourth-order valence-corrected chi connectivity index (χ4v) is 4.71. The number of rotatable bonds is 2. The summed E-state index contributed by atoms with van der Waals surface area (Å²) in [5.41, 5.74) is 5.18. The van der Waals surface area contributed by atoms with E-state index in [1.807, 2.05) is 19.1 Å². The molecule has 0 radical (unpaired) electrons. The Morgan fingerprint density at radius 2 is 2.00 bits per heavy atom. The number of nitrogens with one attached hydrogen (secondary N) is 1. The Morgan fingerprint density at radius 3 is 2.76 bits per heavy atom. The number of methoxy groups -OCH3 is 1. The molecule has 2 aliphatic rings. The number of halogens is 1. The van der Waals surface area contributed by atoms with Crippen LogP contribution in [0.1, 0.15) is 45.4 Å². The zero-order chi connectivity index (χ0) is 17.6. The SMILES string of the molecule is COC(=O)c1ccc2c(c1C)NC(c1ccccc1Br)C1CC=CC21. The monoisotopic (exact) mass is 397 g/mol. The van der Waals surface area contributed by atoms with Crippen LogP contribution >= 0.6 is 15.9 Å². The lowest BCUT2D eigenvalue weighted by Crippen LogP contribution is -2.30. The summed E-state index contributed by atoms with van der Waals surface area (Å²) in [4.78, 5) is 12.1. The van der Waals surface area contributed by atoms with E-state index in [0.29, 0.717) is 17.4 Å². The zero-order valence-corrected chi connectivity index (χ0v) is 15.8. The molecule has 2 aromatic rings. The Morgan fingerprint density at radius 1 is 1.20 bits per heavy atom. The molecule has 3 atom stereocenters. The molecular formula is C21H20BrNO2. The predicted molar refractivity (Wildman–Crippen MR) is 103 cm³/mol. The Labute approximate surface area is 156 Å². The van der Waals surface area contributed by atoms with Gasteiger partial charge in [0.15, 0.2) is 0 Å². The molecule has 0 saturated carbocycles. The smallest absolute Gasteiger partial charge is 0.338 e. The molecule has 0 aromatic heterocycles. The number of carbonyl (C=O) groups is 1. The van der Waals surface area contributed by atoms with E-state index >= 15 is 0 Å². The Bertz CT molecular complexity index is 874. The first-order chi connectivity index (χ1) is 12.1. The molecule has 0 fully saturated rings. The van der Waals surface area contributed by atoms with Crippen LogP contribution in [0.3, 0.4) is 0 Å². The lowest BCUT2D eigenvalue weighted by atomic mass is 9.76. The molecule has 128 valence electrons. The molecule has 1 heterocycles. The fraction of sp³-hybridized carbons (Fsp3) is 0.286. The Kier molecular flexibility index (Phi) is 4.16. The highest BCUT2D eigenvalue weighted by Crippen LogP contribution is 2.51. The molecule has 4 rings (SSSR count). The van der Waals surface area contributed by atoms with Crippen LogP contribution in [0.15, 0.2) is 53.0 Å². The third-order valence-electron chi connectivity index (χ3n) is 5.44. The summed E-state index contributed by atoms with van der Waals surface area (Å²) in [6.45, 7) is 1.99. The Balaban J connectivity index is 1.85. The van der Waals surface area contributed by atoms with Crippen molar-refractivity contribution in [3.8, 4) is 0 Å². The van der Waals surface area contributed by atoms with Gasteiger partial charge in [0.05, 0.1) is 18.7 Å². The topological polar surface area (TPSA) is 38.3 Å². The van der Waals surface area contributed by atoms with Gasteiger partial charge in [-0.2, -0.15) is 0 Å². The minimum absolute atomic E-state index is 0.203. The van der Waals surface area contributed by atoms with Gasteiger partial charge in [0, 0.05) is 16.1 Å². The number of esters is 1. The van der Waals surface area contributed by atoms with Crippen molar-refractivity contribution in [2.45, 2.75) is 25.3 Å². The van der Waals surface area contributed by atoms with Gasteiger partial charge in [0.2, 0.25) is 0 Å². The summed E-state index contributed by atoms with van der Waals surface area (Å²) < 4.78 is 6.05. The highest BCUT2D eigenvalue weighted by molar-refractivity contribution is 9.10. The average molecular weight is 398 g/mol. The van der Waals surface area contributed by atoms with E-state index in [9.17, 15) is 4.79 Å². The van der Waals surface area contributed by atoms with Gasteiger partial charge in [-0.25, -0.2) is 4.79 Å². The van der Waals surface area contributed by atoms with Crippen molar-refractivity contribution in [1.82, 2.24) is 0 Å². The standard InChI is InChI=1S/C21H20BrNO2/c1-12-13(21(24)25-2)10-11-16-14-7-5-8-15(14)20(23-19(12)16)17-6-3-4-9-18(17)22/h3-7,9-11,14-15,20,23H,8H2,1-2H3. The first-order valence-electron chi connectivity index (χ1n) is 8.51. The number of hydrogen-bond donors (Lipinski definition) is 1. The molecule has 1 aliphatic heterocycles. The highest BCUT2D eigenvalue weighted by atomic mass is 79.9. The quantitative estimate of drug-likeness (QED) is 0.546. The van der Waals surface area contributed by atoms with E-state index in [2.05, 4.69) is 57.7 Å². The number of carbonyl (C=O) groups excluding carboxylic acids is 1. The van der Waals surface area contributed by atoms with Gasteiger partial charge < -0.3 is 10.1 Å². The van der Waals surface area contributed by atoms with E-state index < -0.39 is 0 Å². The second-order valence-corrected chi connectivity index (χ2v) is 7.55. The first-order valence-corrected chi connectivity index (χ1v) is 9.30. The van der Waals surface area contributed by atoms with Crippen LogP contribution < -0.4 is 5.32 Å². The zero-order valence-electron chi connectivity index (χ0n) is 14.3. The van der Waals surface area contributed by atoms with Crippen molar-refractivity contribution in [3.05, 3.63) is 75.3 Å². The van der Waals surface area contributed by atoms with Crippen molar-refractivity contribution < 1.29 is 9.53 Å². The fourth-order valence-electron chi connectivity index (χ4n) is 4.18. The molecule has 0 spiro atoms. The third-order valence-corrected chi connectivity index (χ3v) is 6.17. The van der Waals surface area contributed by atoms with E-state index in [1.165, 1.54) is 18.2 Å². The maximum atomic E-state index is 12.1. The number of anilines is 1. The first kappa shape index (κ1) is 16.4. The van der Waals surface area contributed by atoms with Gasteiger partial charge in [-0.1, -0.05) is 52.3 Å². The van der Waals surface area contributed by atoms with Crippen LogP contribution in [0, 0.1) is 12.8 Å². The molecule has 2 aromatic carbocycles. The number of hydrogen-bond acceptors (Lipinski definition) is 3. The van der Waals surface area contributed by atoms with Gasteiger partial charge in [-0.15, -0.1) is 0 Å². The summed E-state index contributed by atoms with van der Waals surface area (Å²) >= 11 is 3.70. The Hall–Kier alpha value is -2.07. The molecule has 0 saturated heterocycles. The number of benzene rings is 2. The van der Waals surface area contributed by atoms with Crippen LogP contribution in [0.4, 0.5) is 5.69 Å². The largest absolute Gasteiger partial charge is 0.465 e. The lowest BCUT2D eigenvalue weighted by Gasteiger charge is -2.39. The van der Waals surface area contributed by atoms with Gasteiger partial charge >= 0.3 is 5.97 Å². The highest BCUT2D eigenvalue weighted by Gasteiger charge is 2.39. The molecule has 25 heavy (non-hydrogen) atoms. The molecule has 3 nitrogen and oxygen atoms in total. The van der Waals surface area contributed by atoms with Crippen molar-refractivity contribution in [1.29, 1.82) is 0 Å². The summed E-state index contributed by atoms with van der Waals surface area (Å²) in [7, 11) is 1.42. The van der Waals surface area contributed by atoms with Gasteiger partial charge in [0.1, 0.15) is 0 Å². The summed E-state index contributed by atoms with van der Waals surface area (Å²) in [6, 6.07) is 12.5. The molecular weight excluding hydrogens is 378 g/mol. The maximum absolute atomic E-state index is 12.1. The molecule has 0 bridgehead atoms. The summed E-state index contributed by atoms with van der Waals surface area (Å²) in [5, 5.41) is 3.74. The average Bonchev–Trinajstić information content (AvgIpc) is 3.11. The van der Waals surface area contributed by atoms with Crippen LogP contribution in [-0.2, 0) is 4.74 Å². The number of fused-ring (bicyclic) bond motifs is 3. The minimum atomic E-state index is -0.288. The number of ether oxygens (including phenoxy) is 1. The third kappa shape index (κ3) is 2.60.